The van der Waals surface area contributed by atoms with Crippen molar-refractivity contribution in [3.05, 3.63) is 41.5 Å². The fourth-order valence-electron chi connectivity index (χ4n) is 1.62. The van der Waals surface area contributed by atoms with Crippen LogP contribution in [-0.4, -0.2) is 34.8 Å². The van der Waals surface area contributed by atoms with Crippen molar-refractivity contribution in [2.24, 2.45) is 0 Å². The van der Waals surface area contributed by atoms with Crippen molar-refractivity contribution < 1.29 is 18.3 Å². The molecule has 0 aliphatic carbocycles. The Hall–Kier alpha value is -2.51. The number of carbonyl (C=O) groups is 1. The largest absolute Gasteiger partial charge is 0.465 e. The van der Waals surface area contributed by atoms with Gasteiger partial charge in [0.25, 0.3) is 0 Å². The third kappa shape index (κ3) is 2.90. The van der Waals surface area contributed by atoms with Gasteiger partial charge in [-0.1, -0.05) is 0 Å². The third-order valence-electron chi connectivity index (χ3n) is 2.63. The number of benzene rings is 1. The standard InChI is InChI=1S/C12H12F2N4O2/c1-20-12(19)7-2-3-8(11(14)10(7)13)15-5-4-9-16-6-17-18-9/h2-3,6,15H,4-5H2,1H3,(H,16,17,18). The lowest BCUT2D eigenvalue weighted by Gasteiger charge is -2.09. The van der Waals surface area contributed by atoms with Crippen LogP contribution in [0.1, 0.15) is 16.2 Å². The van der Waals surface area contributed by atoms with Crippen molar-refractivity contribution >= 4 is 11.7 Å². The summed E-state index contributed by atoms with van der Waals surface area (Å²) in [4.78, 5) is 15.1. The molecule has 0 saturated heterocycles. The van der Waals surface area contributed by atoms with Crippen LogP contribution in [0.4, 0.5) is 14.5 Å². The van der Waals surface area contributed by atoms with Crippen LogP contribution in [0.5, 0.6) is 0 Å². The van der Waals surface area contributed by atoms with Gasteiger partial charge in [0, 0.05) is 13.0 Å². The number of esters is 1. The van der Waals surface area contributed by atoms with Crippen molar-refractivity contribution in [1.82, 2.24) is 15.2 Å². The highest BCUT2D eigenvalue weighted by Crippen LogP contribution is 2.21. The lowest BCUT2D eigenvalue weighted by Crippen LogP contribution is -2.11. The molecular weight excluding hydrogens is 270 g/mol. The number of hydrogen-bond acceptors (Lipinski definition) is 5. The molecular formula is C12H12F2N4O2. The quantitative estimate of drug-likeness (QED) is 0.813. The van der Waals surface area contributed by atoms with Gasteiger partial charge in [-0.3, -0.25) is 5.10 Å². The summed E-state index contributed by atoms with van der Waals surface area (Å²) in [7, 11) is 1.10. The Kier molecular flexibility index (Phi) is 4.24. The first-order chi connectivity index (χ1) is 9.63. The molecule has 2 N–H and O–H groups in total. The second-order valence-electron chi connectivity index (χ2n) is 3.89. The van der Waals surface area contributed by atoms with Gasteiger partial charge in [-0.05, 0) is 12.1 Å². The smallest absolute Gasteiger partial charge is 0.340 e. The van der Waals surface area contributed by atoms with Gasteiger partial charge in [-0.15, -0.1) is 0 Å². The monoisotopic (exact) mass is 282 g/mol. The van der Waals surface area contributed by atoms with Crippen molar-refractivity contribution in [3.8, 4) is 0 Å². The van der Waals surface area contributed by atoms with E-state index in [4.69, 9.17) is 0 Å². The molecule has 1 aromatic heterocycles. The minimum atomic E-state index is -1.23. The highest BCUT2D eigenvalue weighted by atomic mass is 19.2. The van der Waals surface area contributed by atoms with Crippen LogP contribution in [0.2, 0.25) is 0 Å². The van der Waals surface area contributed by atoms with E-state index < -0.39 is 23.2 Å². The van der Waals surface area contributed by atoms with Crippen LogP contribution < -0.4 is 5.32 Å². The number of aromatic amines is 1. The van der Waals surface area contributed by atoms with Crippen molar-refractivity contribution in [3.63, 3.8) is 0 Å². The molecule has 106 valence electrons. The summed E-state index contributed by atoms with van der Waals surface area (Å²) in [5.74, 6) is -2.65. The van der Waals surface area contributed by atoms with Crippen molar-refractivity contribution in [1.29, 1.82) is 0 Å². The van der Waals surface area contributed by atoms with E-state index in [0.717, 1.165) is 7.11 Å². The number of carbonyl (C=O) groups excluding carboxylic acids is 1. The summed E-state index contributed by atoms with van der Waals surface area (Å²) in [5, 5.41) is 9.04. The molecule has 2 aromatic rings. The molecule has 20 heavy (non-hydrogen) atoms. The molecule has 2 rings (SSSR count). The number of hydrogen-bond donors (Lipinski definition) is 2. The third-order valence-corrected chi connectivity index (χ3v) is 2.63. The topological polar surface area (TPSA) is 79.9 Å². The number of H-pyrrole nitrogens is 1. The van der Waals surface area contributed by atoms with Gasteiger partial charge in [0.15, 0.2) is 11.6 Å². The van der Waals surface area contributed by atoms with E-state index >= 15 is 0 Å². The van der Waals surface area contributed by atoms with E-state index in [1.165, 1.54) is 18.5 Å². The molecule has 0 radical (unpaired) electrons. The van der Waals surface area contributed by atoms with E-state index in [-0.39, 0.29) is 5.69 Å². The highest BCUT2D eigenvalue weighted by Gasteiger charge is 2.18. The lowest BCUT2D eigenvalue weighted by atomic mass is 10.1. The molecule has 1 aromatic carbocycles. The molecule has 0 aliphatic heterocycles. The maximum absolute atomic E-state index is 13.7. The zero-order valence-corrected chi connectivity index (χ0v) is 10.6. The predicted molar refractivity (Wildman–Crippen MR) is 66.3 cm³/mol. The van der Waals surface area contributed by atoms with Crippen LogP contribution in [0.25, 0.3) is 0 Å². The van der Waals surface area contributed by atoms with E-state index in [1.807, 2.05) is 0 Å². The Morgan fingerprint density at radius 2 is 2.20 bits per heavy atom. The van der Waals surface area contributed by atoms with Crippen LogP contribution >= 0.6 is 0 Å². The van der Waals surface area contributed by atoms with Crippen LogP contribution in [0.15, 0.2) is 18.5 Å². The normalized spacial score (nSPS) is 10.3. The molecule has 0 spiro atoms. The van der Waals surface area contributed by atoms with Gasteiger partial charge in [0.05, 0.1) is 18.4 Å². The second-order valence-corrected chi connectivity index (χ2v) is 3.89. The second kappa shape index (κ2) is 6.09. The zero-order chi connectivity index (χ0) is 14.5. The maximum atomic E-state index is 13.7. The fourth-order valence-corrected chi connectivity index (χ4v) is 1.62. The first-order valence-electron chi connectivity index (χ1n) is 5.78. The molecule has 0 atom stereocenters. The maximum Gasteiger partial charge on any atom is 0.340 e. The first-order valence-corrected chi connectivity index (χ1v) is 5.78. The summed E-state index contributed by atoms with van der Waals surface area (Å²) in [6.45, 7) is 0.336. The number of halogens is 2. The Morgan fingerprint density at radius 1 is 1.40 bits per heavy atom. The zero-order valence-electron chi connectivity index (χ0n) is 10.6. The van der Waals surface area contributed by atoms with Gasteiger partial charge in [0.2, 0.25) is 0 Å². The van der Waals surface area contributed by atoms with E-state index in [1.54, 1.807) is 0 Å². The molecule has 0 unspecified atom stereocenters. The molecule has 1 heterocycles. The molecule has 8 heteroatoms. The number of nitrogens with one attached hydrogen (secondary N) is 2. The lowest BCUT2D eigenvalue weighted by molar-refractivity contribution is 0.0594. The Bertz CT molecular complexity index is 602. The van der Waals surface area contributed by atoms with Crippen molar-refractivity contribution in [2.45, 2.75) is 6.42 Å². The summed E-state index contributed by atoms with van der Waals surface area (Å²) < 4.78 is 31.8. The average Bonchev–Trinajstić information content (AvgIpc) is 2.96. The Morgan fingerprint density at radius 3 is 2.85 bits per heavy atom. The fraction of sp³-hybridized carbons (Fsp3) is 0.250. The molecule has 0 aliphatic rings. The molecule has 0 fully saturated rings. The summed E-state index contributed by atoms with van der Waals surface area (Å²) in [6, 6.07) is 2.45. The van der Waals surface area contributed by atoms with Gasteiger partial charge < -0.3 is 10.1 Å². The van der Waals surface area contributed by atoms with E-state index in [9.17, 15) is 13.6 Å². The molecule has 6 nitrogen and oxygen atoms in total. The number of ether oxygens (including phenoxy) is 1. The SMILES string of the molecule is COC(=O)c1ccc(NCCc2ncn[nH]2)c(F)c1F. The van der Waals surface area contributed by atoms with Crippen LogP contribution in [0, 0.1) is 11.6 Å². The van der Waals surface area contributed by atoms with E-state index in [2.05, 4.69) is 25.2 Å². The average molecular weight is 282 g/mol. The van der Waals surface area contributed by atoms with E-state index in [0.29, 0.717) is 18.8 Å². The minimum absolute atomic E-state index is 0.0327. The first kappa shape index (κ1) is 13.9. The molecule has 0 saturated carbocycles. The molecule has 0 bridgehead atoms. The van der Waals surface area contributed by atoms with Gasteiger partial charge in [0.1, 0.15) is 12.2 Å². The number of anilines is 1. The van der Waals surface area contributed by atoms with Crippen LogP contribution in [0.3, 0.4) is 0 Å². The highest BCUT2D eigenvalue weighted by molar-refractivity contribution is 5.90. The van der Waals surface area contributed by atoms with Crippen LogP contribution in [-0.2, 0) is 11.2 Å². The van der Waals surface area contributed by atoms with Crippen molar-refractivity contribution in [2.75, 3.05) is 19.0 Å². The Labute approximate surface area is 113 Å². The van der Waals surface area contributed by atoms with Gasteiger partial charge in [-0.2, -0.15) is 5.10 Å². The van der Waals surface area contributed by atoms with Gasteiger partial charge >= 0.3 is 5.97 Å². The minimum Gasteiger partial charge on any atom is -0.465 e. The Balaban J connectivity index is 2.05. The number of nitrogens with zero attached hydrogens (tertiary/aromatic N) is 2. The summed E-state index contributed by atoms with van der Waals surface area (Å²) >= 11 is 0. The van der Waals surface area contributed by atoms with Gasteiger partial charge in [-0.25, -0.2) is 18.6 Å². The number of aromatic nitrogens is 3. The number of rotatable bonds is 5. The predicted octanol–water partition coefficient (Wildman–Crippen LogP) is 1.52. The summed E-state index contributed by atoms with van der Waals surface area (Å²) in [6.07, 6.45) is 1.83. The number of methoxy groups -OCH3 is 1. The molecule has 0 amide bonds. The summed E-state index contributed by atoms with van der Waals surface area (Å²) in [5.41, 5.74) is -0.472.